The first kappa shape index (κ1) is 22.0. The van der Waals surface area contributed by atoms with Gasteiger partial charge in [0, 0.05) is 25.3 Å². The third-order valence-electron chi connectivity index (χ3n) is 4.49. The van der Waals surface area contributed by atoms with Gasteiger partial charge in [-0.25, -0.2) is 9.98 Å². The van der Waals surface area contributed by atoms with Crippen LogP contribution in [-0.4, -0.2) is 35.7 Å². The van der Waals surface area contributed by atoms with Gasteiger partial charge in [0.05, 0.1) is 6.54 Å². The molecule has 1 aromatic carbocycles. The van der Waals surface area contributed by atoms with E-state index < -0.39 is 0 Å². The molecule has 0 radical (unpaired) electrons. The first-order chi connectivity index (χ1) is 13.5. The minimum absolute atomic E-state index is 0.216. The third kappa shape index (κ3) is 7.35. The number of hydrogen-bond acceptors (Lipinski definition) is 4. The molecule has 154 valence electrons. The average Bonchev–Trinajstić information content (AvgIpc) is 3.13. The van der Waals surface area contributed by atoms with E-state index in [9.17, 15) is 5.11 Å². The molecular formula is C22H34N4O2. The highest BCUT2D eigenvalue weighted by molar-refractivity contribution is 5.79. The second-order valence-corrected chi connectivity index (χ2v) is 7.59. The van der Waals surface area contributed by atoms with E-state index in [0.717, 1.165) is 43.1 Å². The van der Waals surface area contributed by atoms with Crippen LogP contribution in [0, 0.1) is 18.8 Å². The Kier molecular flexibility index (Phi) is 9.01. The van der Waals surface area contributed by atoms with Crippen LogP contribution in [0.25, 0.3) is 11.5 Å². The summed E-state index contributed by atoms with van der Waals surface area (Å²) in [7, 11) is 0. The zero-order valence-electron chi connectivity index (χ0n) is 17.5. The fraction of sp³-hybridized carbons (Fsp3) is 0.545. The van der Waals surface area contributed by atoms with Crippen LogP contribution in [0.5, 0.6) is 0 Å². The summed E-state index contributed by atoms with van der Waals surface area (Å²) in [5.41, 5.74) is 2.96. The Labute approximate surface area is 168 Å². The Morgan fingerprint density at radius 2 is 1.96 bits per heavy atom. The molecule has 1 aromatic heterocycles. The van der Waals surface area contributed by atoms with Gasteiger partial charge in [-0.15, -0.1) is 0 Å². The van der Waals surface area contributed by atoms with Gasteiger partial charge in [0.1, 0.15) is 12.0 Å². The molecule has 1 unspecified atom stereocenters. The van der Waals surface area contributed by atoms with Crippen molar-refractivity contribution in [1.82, 2.24) is 15.6 Å². The third-order valence-corrected chi connectivity index (χ3v) is 4.49. The van der Waals surface area contributed by atoms with Gasteiger partial charge in [0.25, 0.3) is 0 Å². The SMILES string of the molecule is CCNC(=NCc1coc(-c2ccc(C)cc2)n1)NCC(CCO)CC(C)C. The van der Waals surface area contributed by atoms with Crippen molar-refractivity contribution in [3.8, 4) is 11.5 Å². The summed E-state index contributed by atoms with van der Waals surface area (Å²) in [5, 5.41) is 16.0. The van der Waals surface area contributed by atoms with Crippen molar-refractivity contribution in [2.75, 3.05) is 19.7 Å². The van der Waals surface area contributed by atoms with Gasteiger partial charge in [-0.05, 0) is 50.7 Å². The van der Waals surface area contributed by atoms with Crippen molar-refractivity contribution in [3.63, 3.8) is 0 Å². The number of aryl methyl sites for hydroxylation is 1. The second-order valence-electron chi connectivity index (χ2n) is 7.59. The molecule has 28 heavy (non-hydrogen) atoms. The van der Waals surface area contributed by atoms with Crippen molar-refractivity contribution in [3.05, 3.63) is 41.8 Å². The number of hydrogen-bond donors (Lipinski definition) is 3. The molecule has 0 aliphatic heterocycles. The topological polar surface area (TPSA) is 82.7 Å². The van der Waals surface area contributed by atoms with Crippen LogP contribution >= 0.6 is 0 Å². The molecule has 0 aliphatic rings. The van der Waals surface area contributed by atoms with Gasteiger partial charge in [-0.1, -0.05) is 31.5 Å². The number of nitrogens with zero attached hydrogens (tertiary/aromatic N) is 2. The molecular weight excluding hydrogens is 352 g/mol. The minimum Gasteiger partial charge on any atom is -0.444 e. The van der Waals surface area contributed by atoms with Crippen LogP contribution in [0.1, 0.15) is 44.9 Å². The molecule has 1 atom stereocenters. The predicted molar refractivity (Wildman–Crippen MR) is 114 cm³/mol. The quantitative estimate of drug-likeness (QED) is 0.428. The van der Waals surface area contributed by atoms with Gasteiger partial charge < -0.3 is 20.2 Å². The summed E-state index contributed by atoms with van der Waals surface area (Å²) in [6.45, 7) is 10.8. The fourth-order valence-corrected chi connectivity index (χ4v) is 3.10. The number of benzene rings is 1. The molecule has 0 fully saturated rings. The van der Waals surface area contributed by atoms with E-state index in [1.807, 2.05) is 31.2 Å². The maximum absolute atomic E-state index is 9.29. The number of oxazole rings is 1. The number of aliphatic imine (C=N–C) groups is 1. The molecule has 0 saturated carbocycles. The van der Waals surface area contributed by atoms with Crippen molar-refractivity contribution in [1.29, 1.82) is 0 Å². The molecule has 0 amide bonds. The van der Waals surface area contributed by atoms with E-state index >= 15 is 0 Å². The summed E-state index contributed by atoms with van der Waals surface area (Å²) < 4.78 is 5.61. The lowest BCUT2D eigenvalue weighted by Gasteiger charge is -2.20. The summed E-state index contributed by atoms with van der Waals surface area (Å²) in [4.78, 5) is 9.17. The normalized spacial score (nSPS) is 13.0. The lowest BCUT2D eigenvalue weighted by atomic mass is 9.94. The first-order valence-electron chi connectivity index (χ1n) is 10.2. The second kappa shape index (κ2) is 11.5. The Bertz CT molecular complexity index is 722. The summed E-state index contributed by atoms with van der Waals surface area (Å²) in [6.07, 6.45) is 3.54. The van der Waals surface area contributed by atoms with Gasteiger partial charge >= 0.3 is 0 Å². The van der Waals surface area contributed by atoms with Crippen LogP contribution < -0.4 is 10.6 Å². The van der Waals surface area contributed by atoms with E-state index in [1.165, 1.54) is 5.56 Å². The van der Waals surface area contributed by atoms with Crippen LogP contribution in [0.2, 0.25) is 0 Å². The zero-order valence-corrected chi connectivity index (χ0v) is 17.5. The Morgan fingerprint density at radius 1 is 1.21 bits per heavy atom. The monoisotopic (exact) mass is 386 g/mol. The first-order valence-corrected chi connectivity index (χ1v) is 10.2. The molecule has 0 saturated heterocycles. The van der Waals surface area contributed by atoms with Crippen molar-refractivity contribution < 1.29 is 9.52 Å². The predicted octanol–water partition coefficient (Wildman–Crippen LogP) is 3.75. The molecule has 0 aliphatic carbocycles. The highest BCUT2D eigenvalue weighted by atomic mass is 16.3. The molecule has 0 bridgehead atoms. The van der Waals surface area contributed by atoms with Crippen LogP contribution in [0.4, 0.5) is 0 Å². The summed E-state index contributed by atoms with van der Waals surface area (Å²) in [5.74, 6) is 2.40. The largest absolute Gasteiger partial charge is 0.444 e. The Balaban J connectivity index is 1.97. The Hall–Kier alpha value is -2.34. The smallest absolute Gasteiger partial charge is 0.226 e. The standard InChI is InChI=1S/C22H34N4O2/c1-5-23-22(24-13-18(10-11-27)12-16(2)3)25-14-20-15-28-21(26-20)19-8-6-17(4)7-9-19/h6-9,15-16,18,27H,5,10-14H2,1-4H3,(H2,23,24,25). The maximum atomic E-state index is 9.29. The van der Waals surface area contributed by atoms with E-state index in [-0.39, 0.29) is 6.61 Å². The van der Waals surface area contributed by atoms with E-state index in [1.54, 1.807) is 6.26 Å². The number of aliphatic hydroxyl groups excluding tert-OH is 1. The number of aromatic nitrogens is 1. The number of rotatable bonds is 10. The fourth-order valence-electron chi connectivity index (χ4n) is 3.10. The van der Waals surface area contributed by atoms with Crippen molar-refractivity contribution in [2.24, 2.45) is 16.8 Å². The minimum atomic E-state index is 0.216. The van der Waals surface area contributed by atoms with E-state index in [0.29, 0.717) is 24.3 Å². The van der Waals surface area contributed by atoms with Gasteiger partial charge in [0.2, 0.25) is 5.89 Å². The zero-order chi connectivity index (χ0) is 20.4. The van der Waals surface area contributed by atoms with Crippen LogP contribution in [0.3, 0.4) is 0 Å². The molecule has 3 N–H and O–H groups in total. The van der Waals surface area contributed by atoms with Crippen LogP contribution in [0.15, 0.2) is 39.9 Å². The highest BCUT2D eigenvalue weighted by Gasteiger charge is 2.12. The van der Waals surface area contributed by atoms with Gasteiger partial charge in [-0.2, -0.15) is 0 Å². The molecule has 0 spiro atoms. The number of guanidine groups is 1. The van der Waals surface area contributed by atoms with Crippen LogP contribution in [-0.2, 0) is 6.54 Å². The average molecular weight is 387 g/mol. The number of nitrogens with one attached hydrogen (secondary N) is 2. The van der Waals surface area contributed by atoms with E-state index in [2.05, 4.69) is 41.4 Å². The van der Waals surface area contributed by atoms with E-state index in [4.69, 9.17) is 4.42 Å². The molecule has 6 heteroatoms. The maximum Gasteiger partial charge on any atom is 0.226 e. The lowest BCUT2D eigenvalue weighted by molar-refractivity contribution is 0.243. The molecule has 6 nitrogen and oxygen atoms in total. The Morgan fingerprint density at radius 3 is 2.61 bits per heavy atom. The molecule has 1 heterocycles. The summed E-state index contributed by atoms with van der Waals surface area (Å²) in [6, 6.07) is 8.11. The lowest BCUT2D eigenvalue weighted by Crippen LogP contribution is -2.40. The molecule has 2 rings (SSSR count). The summed E-state index contributed by atoms with van der Waals surface area (Å²) >= 11 is 0. The van der Waals surface area contributed by atoms with Crippen molar-refractivity contribution in [2.45, 2.75) is 47.1 Å². The van der Waals surface area contributed by atoms with Gasteiger partial charge in [-0.3, -0.25) is 0 Å². The number of aliphatic hydroxyl groups is 1. The van der Waals surface area contributed by atoms with Gasteiger partial charge in [0.15, 0.2) is 5.96 Å². The van der Waals surface area contributed by atoms with Crippen molar-refractivity contribution >= 4 is 5.96 Å². The molecule has 2 aromatic rings. The highest BCUT2D eigenvalue weighted by Crippen LogP contribution is 2.19.